The van der Waals surface area contributed by atoms with E-state index >= 15 is 0 Å². The molecule has 0 saturated heterocycles. The molecule has 0 saturated carbocycles. The van der Waals surface area contributed by atoms with Crippen LogP contribution in [0.3, 0.4) is 0 Å². The zero-order valence-electron chi connectivity index (χ0n) is 9.23. The average Bonchev–Trinajstić information content (AvgIpc) is 2.74. The van der Waals surface area contributed by atoms with Gasteiger partial charge in [-0.3, -0.25) is 0 Å². The number of halogens is 6. The van der Waals surface area contributed by atoms with E-state index in [4.69, 9.17) is 0 Å². The Morgan fingerprint density at radius 3 is 1.79 bits per heavy atom. The fraction of sp³-hybridized carbons (Fsp3) is 0.167. The Kier molecular flexibility index (Phi) is 3.07. The number of H-pyrrole nitrogens is 1. The molecule has 1 aromatic carbocycles. The van der Waals surface area contributed by atoms with Gasteiger partial charge in [-0.05, 0) is 11.6 Å². The lowest BCUT2D eigenvalue weighted by molar-refractivity contribution is -0.163. The summed E-state index contributed by atoms with van der Waals surface area (Å²) in [7, 11) is 0. The van der Waals surface area contributed by atoms with Crippen molar-refractivity contribution in [2.45, 2.75) is 12.4 Å². The minimum atomic E-state index is -5.09. The van der Waals surface area contributed by atoms with Crippen LogP contribution in [0.15, 0.2) is 36.4 Å². The van der Waals surface area contributed by atoms with Crippen LogP contribution in [0.1, 0.15) is 11.3 Å². The molecular weight excluding hydrogens is 272 g/mol. The van der Waals surface area contributed by atoms with E-state index in [-0.39, 0.29) is 11.3 Å². The molecule has 0 aliphatic heterocycles. The van der Waals surface area contributed by atoms with E-state index in [1.54, 1.807) is 11.1 Å². The van der Waals surface area contributed by atoms with Crippen LogP contribution < -0.4 is 0 Å². The summed E-state index contributed by atoms with van der Waals surface area (Å²) in [4.78, 5) is 1.80. The lowest BCUT2D eigenvalue weighted by Crippen LogP contribution is -2.15. The molecule has 2 aromatic rings. The van der Waals surface area contributed by atoms with Crippen molar-refractivity contribution in [1.29, 1.82) is 0 Å². The van der Waals surface area contributed by atoms with E-state index in [0.29, 0.717) is 6.07 Å². The van der Waals surface area contributed by atoms with Crippen molar-refractivity contribution < 1.29 is 26.3 Å². The van der Waals surface area contributed by atoms with Gasteiger partial charge in [-0.1, -0.05) is 30.3 Å². The van der Waals surface area contributed by atoms with Gasteiger partial charge in [0.25, 0.3) is 0 Å². The zero-order valence-corrected chi connectivity index (χ0v) is 9.23. The monoisotopic (exact) mass is 279 g/mol. The number of aromatic nitrogens is 1. The van der Waals surface area contributed by atoms with Gasteiger partial charge in [0, 0.05) is 5.69 Å². The quantitative estimate of drug-likeness (QED) is 0.727. The highest BCUT2D eigenvalue weighted by Gasteiger charge is 2.45. The van der Waals surface area contributed by atoms with E-state index in [9.17, 15) is 26.3 Å². The third-order valence-electron chi connectivity index (χ3n) is 2.49. The minimum absolute atomic E-state index is 0.222. The van der Waals surface area contributed by atoms with Crippen LogP contribution in [0.5, 0.6) is 0 Å². The van der Waals surface area contributed by atoms with Gasteiger partial charge in [0.15, 0.2) is 0 Å². The second-order valence-corrected chi connectivity index (χ2v) is 3.83. The molecule has 0 atom stereocenters. The van der Waals surface area contributed by atoms with Crippen molar-refractivity contribution in [3.05, 3.63) is 47.7 Å². The summed E-state index contributed by atoms with van der Waals surface area (Å²) in [6.07, 6.45) is -10.1. The lowest BCUT2D eigenvalue weighted by Gasteiger charge is -2.09. The topological polar surface area (TPSA) is 15.8 Å². The predicted octanol–water partition coefficient (Wildman–Crippen LogP) is 4.72. The molecule has 0 aliphatic rings. The highest BCUT2D eigenvalue weighted by Crippen LogP contribution is 2.41. The molecule has 1 heterocycles. The van der Waals surface area contributed by atoms with Gasteiger partial charge >= 0.3 is 12.4 Å². The van der Waals surface area contributed by atoms with Gasteiger partial charge in [-0.15, -0.1) is 0 Å². The maximum Gasteiger partial charge on any atom is 0.431 e. The zero-order chi connectivity index (χ0) is 14.3. The fourth-order valence-electron chi connectivity index (χ4n) is 1.67. The predicted molar refractivity (Wildman–Crippen MR) is 56.2 cm³/mol. The van der Waals surface area contributed by atoms with Crippen LogP contribution in [-0.4, -0.2) is 4.98 Å². The van der Waals surface area contributed by atoms with Crippen LogP contribution in [0.4, 0.5) is 26.3 Å². The molecule has 1 aromatic heterocycles. The maximum atomic E-state index is 12.6. The normalized spacial score (nSPS) is 12.7. The summed E-state index contributed by atoms with van der Waals surface area (Å²) in [6, 6.07) is 7.98. The fourth-order valence-corrected chi connectivity index (χ4v) is 1.67. The smallest absolute Gasteiger partial charge is 0.351 e. The highest BCUT2D eigenvalue weighted by molar-refractivity contribution is 5.62. The number of aromatic amines is 1. The van der Waals surface area contributed by atoms with Gasteiger partial charge in [0.2, 0.25) is 0 Å². The van der Waals surface area contributed by atoms with Gasteiger partial charge in [-0.2, -0.15) is 26.3 Å². The summed E-state index contributed by atoms with van der Waals surface area (Å²) in [6.45, 7) is 0. The van der Waals surface area contributed by atoms with E-state index in [1.807, 2.05) is 0 Å². The first-order chi connectivity index (χ1) is 8.69. The first-order valence-corrected chi connectivity index (χ1v) is 5.12. The highest BCUT2D eigenvalue weighted by atomic mass is 19.4. The molecule has 0 bridgehead atoms. The van der Waals surface area contributed by atoms with Gasteiger partial charge in [-0.25, -0.2) is 0 Å². The van der Waals surface area contributed by atoms with Crippen LogP contribution in [-0.2, 0) is 12.4 Å². The Labute approximate surface area is 103 Å². The van der Waals surface area contributed by atoms with Crippen molar-refractivity contribution in [2.24, 2.45) is 0 Å². The molecule has 0 radical (unpaired) electrons. The molecule has 19 heavy (non-hydrogen) atoms. The molecule has 0 fully saturated rings. The molecule has 0 spiro atoms. The third-order valence-corrected chi connectivity index (χ3v) is 2.49. The van der Waals surface area contributed by atoms with Crippen molar-refractivity contribution in [3.8, 4) is 11.3 Å². The summed E-state index contributed by atoms with van der Waals surface area (Å²) < 4.78 is 75.5. The third kappa shape index (κ3) is 2.74. The van der Waals surface area contributed by atoms with E-state index in [1.165, 1.54) is 24.3 Å². The van der Waals surface area contributed by atoms with Crippen molar-refractivity contribution in [3.63, 3.8) is 0 Å². The molecule has 1 N–H and O–H groups in total. The number of nitrogens with one attached hydrogen (secondary N) is 1. The van der Waals surface area contributed by atoms with E-state index in [2.05, 4.69) is 0 Å². The summed E-state index contributed by atoms with van der Waals surface area (Å²) >= 11 is 0. The Morgan fingerprint density at radius 1 is 0.789 bits per heavy atom. The number of hydrogen-bond acceptors (Lipinski definition) is 0. The Bertz CT molecular complexity index is 533. The largest absolute Gasteiger partial charge is 0.431 e. The van der Waals surface area contributed by atoms with Crippen LogP contribution >= 0.6 is 0 Å². The lowest BCUT2D eigenvalue weighted by atomic mass is 10.1. The van der Waals surface area contributed by atoms with Gasteiger partial charge < -0.3 is 4.98 Å². The van der Waals surface area contributed by atoms with Crippen molar-refractivity contribution in [2.75, 3.05) is 0 Å². The SMILES string of the molecule is FC(F)(F)c1cc(-c2ccccc2)[nH]c1C(F)(F)F. The average molecular weight is 279 g/mol. The Morgan fingerprint density at radius 2 is 1.37 bits per heavy atom. The number of benzene rings is 1. The van der Waals surface area contributed by atoms with Crippen LogP contribution in [0.25, 0.3) is 11.3 Å². The molecule has 2 rings (SSSR count). The van der Waals surface area contributed by atoms with Crippen molar-refractivity contribution >= 4 is 0 Å². The summed E-state index contributed by atoms with van der Waals surface area (Å²) in [5, 5.41) is 0. The van der Waals surface area contributed by atoms with Crippen molar-refractivity contribution in [1.82, 2.24) is 4.98 Å². The van der Waals surface area contributed by atoms with E-state index < -0.39 is 23.6 Å². The number of rotatable bonds is 1. The first-order valence-electron chi connectivity index (χ1n) is 5.12. The van der Waals surface area contributed by atoms with Gasteiger partial charge in [0.05, 0.1) is 5.56 Å². The molecule has 0 amide bonds. The maximum absolute atomic E-state index is 12.6. The van der Waals surface area contributed by atoms with Crippen LogP contribution in [0, 0.1) is 0 Å². The van der Waals surface area contributed by atoms with Gasteiger partial charge in [0.1, 0.15) is 5.69 Å². The number of alkyl halides is 6. The Balaban J connectivity index is 2.59. The second kappa shape index (κ2) is 4.32. The standard InChI is InChI=1S/C12H7F6N/c13-11(14,15)8-6-9(7-4-2-1-3-5-7)19-10(8)12(16,17)18/h1-6,19H. The summed E-state index contributed by atoms with van der Waals surface area (Å²) in [5.41, 5.74) is -3.46. The summed E-state index contributed by atoms with van der Waals surface area (Å²) in [5.74, 6) is 0. The Hall–Kier alpha value is -1.92. The molecule has 7 heteroatoms. The molecule has 102 valence electrons. The number of hydrogen-bond donors (Lipinski definition) is 1. The first kappa shape index (κ1) is 13.5. The molecular formula is C12H7F6N. The van der Waals surface area contributed by atoms with Crippen LogP contribution in [0.2, 0.25) is 0 Å². The molecule has 0 aliphatic carbocycles. The molecule has 0 unspecified atom stereocenters. The second-order valence-electron chi connectivity index (χ2n) is 3.83. The minimum Gasteiger partial charge on any atom is -0.351 e. The molecule has 1 nitrogen and oxygen atoms in total. The van der Waals surface area contributed by atoms with E-state index in [0.717, 1.165) is 0 Å².